The van der Waals surface area contributed by atoms with Crippen molar-refractivity contribution in [2.45, 2.75) is 64.8 Å². The molecule has 2 aliphatic heterocycles. The molecule has 0 spiro atoms. The number of likely N-dealkylation sites (tertiary alicyclic amines) is 1. The maximum atomic E-state index is 3.60. The largest absolute Gasteiger partial charge is 0.315 e. The lowest BCUT2D eigenvalue weighted by Gasteiger charge is -2.44. The van der Waals surface area contributed by atoms with Crippen LogP contribution in [0.5, 0.6) is 0 Å². The molecule has 0 saturated carbocycles. The molecule has 1 atom stereocenters. The summed E-state index contributed by atoms with van der Waals surface area (Å²) in [6.07, 6.45) is 9.81. The van der Waals surface area contributed by atoms with Gasteiger partial charge in [0, 0.05) is 12.6 Å². The standard InChI is InChI=1S/C15H30N2/c1-3-15(4-2)8-11-17(12-9-15)14-7-5-6-10-16-13-14/h14,16H,3-13H2,1-2H3. The fourth-order valence-electron chi connectivity index (χ4n) is 3.63. The van der Waals surface area contributed by atoms with Gasteiger partial charge in [-0.15, -0.1) is 0 Å². The molecule has 0 amide bonds. The van der Waals surface area contributed by atoms with E-state index in [4.69, 9.17) is 0 Å². The highest BCUT2D eigenvalue weighted by Crippen LogP contribution is 2.38. The minimum absolute atomic E-state index is 0.675. The molecule has 0 aromatic rings. The number of rotatable bonds is 3. The van der Waals surface area contributed by atoms with Crippen LogP contribution in [0.2, 0.25) is 0 Å². The highest BCUT2D eigenvalue weighted by Gasteiger charge is 2.33. The van der Waals surface area contributed by atoms with Crippen molar-refractivity contribution in [3.8, 4) is 0 Å². The van der Waals surface area contributed by atoms with Crippen LogP contribution in [-0.4, -0.2) is 37.1 Å². The zero-order chi connectivity index (χ0) is 12.1. The molecule has 0 radical (unpaired) electrons. The predicted octanol–water partition coefficient (Wildman–Crippen LogP) is 3.03. The van der Waals surface area contributed by atoms with Crippen LogP contribution in [0.4, 0.5) is 0 Å². The summed E-state index contributed by atoms with van der Waals surface area (Å²) < 4.78 is 0. The van der Waals surface area contributed by atoms with Crippen LogP contribution in [0.1, 0.15) is 58.8 Å². The van der Waals surface area contributed by atoms with Gasteiger partial charge >= 0.3 is 0 Å². The van der Waals surface area contributed by atoms with E-state index in [1.807, 2.05) is 0 Å². The third-order valence-corrected chi connectivity index (χ3v) is 5.40. The molecule has 0 aromatic carbocycles. The Bertz CT molecular complexity index is 205. The summed E-state index contributed by atoms with van der Waals surface area (Å²) in [7, 11) is 0. The van der Waals surface area contributed by atoms with Crippen molar-refractivity contribution in [3.05, 3.63) is 0 Å². The number of hydrogen-bond donors (Lipinski definition) is 1. The summed E-state index contributed by atoms with van der Waals surface area (Å²) in [5.74, 6) is 0. The second-order valence-corrected chi connectivity index (χ2v) is 6.10. The first-order chi connectivity index (χ1) is 8.29. The number of piperidine rings is 1. The summed E-state index contributed by atoms with van der Waals surface area (Å²) in [4.78, 5) is 2.77. The average molecular weight is 238 g/mol. The quantitative estimate of drug-likeness (QED) is 0.813. The third-order valence-electron chi connectivity index (χ3n) is 5.40. The van der Waals surface area contributed by atoms with Crippen molar-refractivity contribution in [1.82, 2.24) is 10.2 Å². The van der Waals surface area contributed by atoms with E-state index in [2.05, 4.69) is 24.1 Å². The van der Waals surface area contributed by atoms with E-state index in [9.17, 15) is 0 Å². The number of nitrogens with zero attached hydrogens (tertiary/aromatic N) is 1. The van der Waals surface area contributed by atoms with Gasteiger partial charge in [-0.25, -0.2) is 0 Å². The van der Waals surface area contributed by atoms with Crippen molar-refractivity contribution in [3.63, 3.8) is 0 Å². The highest BCUT2D eigenvalue weighted by molar-refractivity contribution is 4.87. The third kappa shape index (κ3) is 3.23. The Balaban J connectivity index is 1.85. The Kier molecular flexibility index (Phi) is 4.87. The van der Waals surface area contributed by atoms with Gasteiger partial charge in [0.05, 0.1) is 0 Å². The van der Waals surface area contributed by atoms with Crippen LogP contribution in [0.15, 0.2) is 0 Å². The Morgan fingerprint density at radius 2 is 1.82 bits per heavy atom. The topological polar surface area (TPSA) is 15.3 Å². The first-order valence-electron chi connectivity index (χ1n) is 7.74. The monoisotopic (exact) mass is 238 g/mol. The summed E-state index contributed by atoms with van der Waals surface area (Å²) in [5.41, 5.74) is 0.675. The smallest absolute Gasteiger partial charge is 0.0220 e. The molecule has 2 nitrogen and oxygen atoms in total. The first kappa shape index (κ1) is 13.4. The van der Waals surface area contributed by atoms with Crippen LogP contribution in [0.25, 0.3) is 0 Å². The molecule has 2 aliphatic rings. The van der Waals surface area contributed by atoms with Gasteiger partial charge in [0.25, 0.3) is 0 Å². The predicted molar refractivity (Wildman–Crippen MR) is 74.3 cm³/mol. The second kappa shape index (κ2) is 6.19. The van der Waals surface area contributed by atoms with E-state index in [0.29, 0.717) is 5.41 Å². The van der Waals surface area contributed by atoms with Crippen LogP contribution in [0, 0.1) is 5.41 Å². The summed E-state index contributed by atoms with van der Waals surface area (Å²) in [6.45, 7) is 9.91. The van der Waals surface area contributed by atoms with Gasteiger partial charge in [-0.3, -0.25) is 4.90 Å². The lowest BCUT2D eigenvalue weighted by molar-refractivity contribution is 0.0643. The minimum Gasteiger partial charge on any atom is -0.315 e. The molecule has 2 heteroatoms. The zero-order valence-electron chi connectivity index (χ0n) is 11.8. The fraction of sp³-hybridized carbons (Fsp3) is 1.00. The van der Waals surface area contributed by atoms with Crippen LogP contribution < -0.4 is 5.32 Å². The molecule has 1 unspecified atom stereocenters. The van der Waals surface area contributed by atoms with Gasteiger partial charge in [-0.2, -0.15) is 0 Å². The number of hydrogen-bond acceptors (Lipinski definition) is 2. The van der Waals surface area contributed by atoms with Gasteiger partial charge in [0.1, 0.15) is 0 Å². The molecule has 2 heterocycles. The normalized spacial score (nSPS) is 31.1. The van der Waals surface area contributed by atoms with Gasteiger partial charge < -0.3 is 5.32 Å². The second-order valence-electron chi connectivity index (χ2n) is 6.10. The van der Waals surface area contributed by atoms with E-state index in [-0.39, 0.29) is 0 Å². The van der Waals surface area contributed by atoms with Crippen molar-refractivity contribution in [2.24, 2.45) is 5.41 Å². The molecular formula is C15H30N2. The Labute approximate surface area is 107 Å². The van der Waals surface area contributed by atoms with Gasteiger partial charge in [-0.05, 0) is 50.7 Å². The lowest BCUT2D eigenvalue weighted by atomic mass is 9.74. The van der Waals surface area contributed by atoms with Crippen molar-refractivity contribution in [1.29, 1.82) is 0 Å². The Hall–Kier alpha value is -0.0800. The summed E-state index contributed by atoms with van der Waals surface area (Å²) in [5, 5.41) is 3.60. The van der Waals surface area contributed by atoms with Gasteiger partial charge in [-0.1, -0.05) is 33.1 Å². The van der Waals surface area contributed by atoms with E-state index >= 15 is 0 Å². The van der Waals surface area contributed by atoms with Crippen LogP contribution in [-0.2, 0) is 0 Å². The molecule has 0 aliphatic carbocycles. The molecule has 0 aromatic heterocycles. The SMILES string of the molecule is CCC1(CC)CCN(C2CCCCNC2)CC1. The Morgan fingerprint density at radius 1 is 1.12 bits per heavy atom. The van der Waals surface area contributed by atoms with E-state index in [0.717, 1.165) is 6.04 Å². The molecule has 100 valence electrons. The summed E-state index contributed by atoms with van der Waals surface area (Å²) in [6, 6.07) is 0.823. The molecule has 1 N–H and O–H groups in total. The van der Waals surface area contributed by atoms with Crippen molar-refractivity contribution < 1.29 is 0 Å². The van der Waals surface area contributed by atoms with Crippen molar-refractivity contribution >= 4 is 0 Å². The fourth-order valence-corrected chi connectivity index (χ4v) is 3.63. The highest BCUT2D eigenvalue weighted by atomic mass is 15.2. The van der Waals surface area contributed by atoms with E-state index < -0.39 is 0 Å². The summed E-state index contributed by atoms with van der Waals surface area (Å²) >= 11 is 0. The van der Waals surface area contributed by atoms with E-state index in [1.54, 1.807) is 0 Å². The van der Waals surface area contributed by atoms with Gasteiger partial charge in [0.2, 0.25) is 0 Å². The molecule has 17 heavy (non-hydrogen) atoms. The average Bonchev–Trinajstić information content (AvgIpc) is 2.68. The van der Waals surface area contributed by atoms with E-state index in [1.165, 1.54) is 71.1 Å². The Morgan fingerprint density at radius 3 is 2.47 bits per heavy atom. The van der Waals surface area contributed by atoms with Gasteiger partial charge in [0.15, 0.2) is 0 Å². The lowest BCUT2D eigenvalue weighted by Crippen LogP contribution is -2.48. The number of nitrogens with one attached hydrogen (secondary N) is 1. The van der Waals surface area contributed by atoms with Crippen LogP contribution >= 0.6 is 0 Å². The van der Waals surface area contributed by atoms with Crippen LogP contribution in [0.3, 0.4) is 0 Å². The molecule has 2 rings (SSSR count). The first-order valence-corrected chi connectivity index (χ1v) is 7.74. The maximum absolute atomic E-state index is 3.60. The molecule has 0 bridgehead atoms. The maximum Gasteiger partial charge on any atom is 0.0220 e. The molecule has 2 fully saturated rings. The zero-order valence-corrected chi connectivity index (χ0v) is 11.8. The minimum atomic E-state index is 0.675. The molecular weight excluding hydrogens is 208 g/mol. The van der Waals surface area contributed by atoms with Crippen molar-refractivity contribution in [2.75, 3.05) is 26.2 Å². The molecule has 2 saturated heterocycles.